The maximum atomic E-state index is 6.60. The van der Waals surface area contributed by atoms with E-state index in [1.165, 1.54) is 16.7 Å². The van der Waals surface area contributed by atoms with E-state index in [1.54, 1.807) is 0 Å². The molecule has 0 aliphatic carbocycles. The molecular formula is C55H52N4OPt-2. The molecule has 0 aliphatic rings. The van der Waals surface area contributed by atoms with E-state index in [-0.39, 0.29) is 37.3 Å². The Morgan fingerprint density at radius 1 is 0.590 bits per heavy atom. The van der Waals surface area contributed by atoms with Crippen LogP contribution in [0.25, 0.3) is 61.2 Å². The number of nitrogens with zero attached hydrogens (tertiary/aromatic N) is 4. The van der Waals surface area contributed by atoms with Crippen molar-refractivity contribution in [3.8, 4) is 39.8 Å². The van der Waals surface area contributed by atoms with Crippen LogP contribution in [0.1, 0.15) is 84.6 Å². The Bertz CT molecular complexity index is 3040. The van der Waals surface area contributed by atoms with Gasteiger partial charge in [0.1, 0.15) is 5.82 Å². The van der Waals surface area contributed by atoms with Crippen LogP contribution < -0.4 is 9.30 Å². The van der Waals surface area contributed by atoms with Gasteiger partial charge in [0.05, 0.1) is 16.7 Å². The van der Waals surface area contributed by atoms with Gasteiger partial charge in [-0.15, -0.1) is 29.7 Å². The molecule has 0 saturated carbocycles. The first-order valence-corrected chi connectivity index (χ1v) is 20.9. The maximum Gasteiger partial charge on any atom is 0.268 e. The number of hydrogen-bond donors (Lipinski definition) is 0. The number of hydrogen-bond acceptors (Lipinski definition) is 2. The average molecular weight is 980 g/mol. The molecule has 310 valence electrons. The van der Waals surface area contributed by atoms with E-state index < -0.39 is 0 Å². The van der Waals surface area contributed by atoms with Crippen LogP contribution >= 0.6 is 0 Å². The van der Waals surface area contributed by atoms with Gasteiger partial charge in [-0.05, 0) is 86.3 Å². The topological polar surface area (TPSA) is 35.9 Å². The predicted octanol–water partition coefficient (Wildman–Crippen LogP) is 13.5. The summed E-state index contributed by atoms with van der Waals surface area (Å²) < 4.78 is 13.0. The van der Waals surface area contributed by atoms with Gasteiger partial charge in [-0.3, -0.25) is 4.57 Å². The van der Waals surface area contributed by atoms with Crippen LogP contribution in [0.15, 0.2) is 134 Å². The summed E-state index contributed by atoms with van der Waals surface area (Å²) in [6.07, 6.45) is 5.69. The van der Waals surface area contributed by atoms with Crippen molar-refractivity contribution in [1.82, 2.24) is 14.1 Å². The van der Waals surface area contributed by atoms with Crippen LogP contribution in [0.4, 0.5) is 0 Å². The monoisotopic (exact) mass is 979 g/mol. The normalized spacial score (nSPS) is 12.3. The molecule has 6 heteroatoms. The zero-order valence-electron chi connectivity index (χ0n) is 36.7. The van der Waals surface area contributed by atoms with E-state index >= 15 is 0 Å². The summed E-state index contributed by atoms with van der Waals surface area (Å²) in [5, 5.41) is 2.22. The molecule has 0 saturated heterocycles. The second-order valence-electron chi connectivity index (χ2n) is 19.2. The molecular weight excluding hydrogens is 928 g/mol. The molecule has 0 spiro atoms. The van der Waals surface area contributed by atoms with Crippen molar-refractivity contribution in [2.24, 2.45) is 0 Å². The van der Waals surface area contributed by atoms with E-state index in [0.29, 0.717) is 11.5 Å². The maximum absolute atomic E-state index is 6.60. The SMILES string of the molecule is Cc1cc(-n2c3[c-]c(Oc4[c-]c(-n5[c-][n+](-c6cc(C(C)(C)C)cc(C(C)(C)C)c6)c6ccccc65)ccc4)ccc3c3ccccc32)ncc1-c1ccc(C(C)(C)C)cc1.[Pt]. The molecule has 0 N–H and O–H groups in total. The molecule has 0 unspecified atom stereocenters. The smallest absolute Gasteiger partial charge is 0.268 e. The van der Waals surface area contributed by atoms with Gasteiger partial charge in [-0.1, -0.05) is 141 Å². The molecule has 0 radical (unpaired) electrons. The summed E-state index contributed by atoms with van der Waals surface area (Å²) in [5.41, 5.74) is 13.4. The largest absolute Gasteiger partial charge is 0.510 e. The summed E-state index contributed by atoms with van der Waals surface area (Å²) in [6.45, 7) is 22.5. The first-order valence-electron chi connectivity index (χ1n) is 20.9. The van der Waals surface area contributed by atoms with Crippen molar-refractivity contribution in [1.29, 1.82) is 0 Å². The zero-order chi connectivity index (χ0) is 42.1. The van der Waals surface area contributed by atoms with Crippen LogP contribution in [-0.2, 0) is 37.3 Å². The molecule has 9 rings (SSSR count). The molecule has 0 fully saturated rings. The second-order valence-corrected chi connectivity index (χ2v) is 19.2. The van der Waals surface area contributed by atoms with Gasteiger partial charge in [-0.25, -0.2) is 4.98 Å². The first-order chi connectivity index (χ1) is 28.5. The minimum atomic E-state index is -0.0117. The molecule has 0 aliphatic heterocycles. The van der Waals surface area contributed by atoms with E-state index in [0.717, 1.165) is 66.7 Å². The van der Waals surface area contributed by atoms with E-state index in [9.17, 15) is 0 Å². The predicted molar refractivity (Wildman–Crippen MR) is 246 cm³/mol. The van der Waals surface area contributed by atoms with Crippen molar-refractivity contribution < 1.29 is 30.4 Å². The standard InChI is InChI=1S/C55H52N4O.Pt/c1-36-28-52(56-34-47(36)37-22-24-38(25-23-37)53(2,3)4)59-48-19-12-11-18-45(48)46-27-26-44(33-51(46)59)60-43-17-15-16-41(32-43)57-35-58(50-21-14-13-20-49(50)57)42-30-39(54(5,6)7)29-40(31-42)55(8,9)10;/h11-31,34H,1-10H3;/q-2;. The Labute approximate surface area is 374 Å². The molecule has 3 heterocycles. The molecule has 5 nitrogen and oxygen atoms in total. The third kappa shape index (κ3) is 7.97. The Balaban J connectivity index is 0.00000514. The first kappa shape index (κ1) is 41.9. The summed E-state index contributed by atoms with van der Waals surface area (Å²) in [4.78, 5) is 5.06. The van der Waals surface area contributed by atoms with Crippen LogP contribution in [-0.4, -0.2) is 14.1 Å². The number of benzene rings is 6. The number of aryl methyl sites for hydroxylation is 1. The number of imidazole rings is 1. The van der Waals surface area contributed by atoms with Crippen molar-refractivity contribution in [3.63, 3.8) is 0 Å². The number of pyridine rings is 1. The van der Waals surface area contributed by atoms with E-state index in [1.807, 2.05) is 30.5 Å². The minimum Gasteiger partial charge on any atom is -0.510 e. The number of fused-ring (bicyclic) bond motifs is 4. The number of para-hydroxylation sites is 3. The summed E-state index contributed by atoms with van der Waals surface area (Å²) >= 11 is 0. The summed E-state index contributed by atoms with van der Waals surface area (Å²) in [6, 6.07) is 52.2. The van der Waals surface area contributed by atoms with Gasteiger partial charge >= 0.3 is 0 Å². The Kier molecular flexibility index (Phi) is 10.7. The Morgan fingerprint density at radius 3 is 1.90 bits per heavy atom. The second kappa shape index (κ2) is 15.6. The van der Waals surface area contributed by atoms with Gasteiger partial charge in [0.25, 0.3) is 6.33 Å². The quantitative estimate of drug-likeness (QED) is 0.123. The Hall–Kier alpha value is -5.77. The molecule has 0 amide bonds. The van der Waals surface area contributed by atoms with Crippen LogP contribution in [0, 0.1) is 25.4 Å². The number of aromatic nitrogens is 4. The molecule has 0 bridgehead atoms. The summed E-state index contributed by atoms with van der Waals surface area (Å²) in [7, 11) is 0. The molecule has 3 aromatic heterocycles. The minimum absolute atomic E-state index is 0. The van der Waals surface area contributed by atoms with Gasteiger partial charge in [0.15, 0.2) is 0 Å². The van der Waals surface area contributed by atoms with E-state index in [2.05, 4.69) is 205 Å². The fraction of sp³-hybridized carbons (Fsp3) is 0.236. The summed E-state index contributed by atoms with van der Waals surface area (Å²) in [5.74, 6) is 2.02. The van der Waals surface area contributed by atoms with Gasteiger partial charge in [0, 0.05) is 49.8 Å². The van der Waals surface area contributed by atoms with Crippen molar-refractivity contribution in [2.45, 2.75) is 85.5 Å². The third-order valence-corrected chi connectivity index (χ3v) is 11.6. The zero-order valence-corrected chi connectivity index (χ0v) is 39.0. The van der Waals surface area contributed by atoms with Crippen molar-refractivity contribution >= 4 is 32.8 Å². The van der Waals surface area contributed by atoms with E-state index in [4.69, 9.17) is 9.72 Å². The van der Waals surface area contributed by atoms with Gasteiger partial charge in [0.2, 0.25) is 0 Å². The van der Waals surface area contributed by atoms with Crippen LogP contribution in [0.5, 0.6) is 11.5 Å². The molecule has 0 atom stereocenters. The number of rotatable bonds is 6. The average Bonchev–Trinajstić information content (AvgIpc) is 3.76. The van der Waals surface area contributed by atoms with Crippen molar-refractivity contribution in [3.05, 3.63) is 174 Å². The molecule has 9 aromatic rings. The van der Waals surface area contributed by atoms with Crippen LogP contribution in [0.3, 0.4) is 0 Å². The molecule has 6 aromatic carbocycles. The van der Waals surface area contributed by atoms with Crippen LogP contribution in [0.2, 0.25) is 0 Å². The fourth-order valence-corrected chi connectivity index (χ4v) is 8.07. The Morgan fingerprint density at radius 2 is 1.23 bits per heavy atom. The van der Waals surface area contributed by atoms with Gasteiger partial charge in [-0.2, -0.15) is 18.2 Å². The van der Waals surface area contributed by atoms with Crippen molar-refractivity contribution in [2.75, 3.05) is 0 Å². The third-order valence-electron chi connectivity index (χ3n) is 11.6. The molecule has 61 heavy (non-hydrogen) atoms. The fourth-order valence-electron chi connectivity index (χ4n) is 8.07. The van der Waals surface area contributed by atoms with Gasteiger partial charge < -0.3 is 13.9 Å². The number of ether oxygens (including phenoxy) is 1.